The highest BCUT2D eigenvalue weighted by Gasteiger charge is 2.24. The van der Waals surface area contributed by atoms with E-state index in [4.69, 9.17) is 5.73 Å². The van der Waals surface area contributed by atoms with Crippen LogP contribution in [0.5, 0.6) is 0 Å². The molecule has 0 aromatic rings. The Morgan fingerprint density at radius 1 is 1.24 bits per heavy atom. The van der Waals surface area contributed by atoms with Crippen LogP contribution < -0.4 is 11.1 Å². The highest BCUT2D eigenvalue weighted by Crippen LogP contribution is 2.21. The zero-order chi connectivity index (χ0) is 13.6. The normalized spacial score (nSPS) is 13.6. The molecule has 1 unspecified atom stereocenters. The van der Waals surface area contributed by atoms with Gasteiger partial charge in [-0.3, -0.25) is 9.59 Å². The van der Waals surface area contributed by atoms with Crippen LogP contribution in [0.2, 0.25) is 0 Å². The molecule has 3 N–H and O–H groups in total. The maximum atomic E-state index is 12.0. The first-order valence-electron chi connectivity index (χ1n) is 6.19. The lowest BCUT2D eigenvalue weighted by Crippen LogP contribution is -2.46. The molecule has 1 amide bonds. The van der Waals surface area contributed by atoms with E-state index in [2.05, 4.69) is 26.1 Å². The van der Waals surface area contributed by atoms with E-state index < -0.39 is 6.04 Å². The number of amides is 1. The lowest BCUT2D eigenvalue weighted by molar-refractivity contribution is -0.128. The van der Waals surface area contributed by atoms with Crippen LogP contribution in [0.25, 0.3) is 0 Å². The van der Waals surface area contributed by atoms with Gasteiger partial charge in [-0.25, -0.2) is 0 Å². The summed E-state index contributed by atoms with van der Waals surface area (Å²) in [5, 5.41) is 2.69. The smallest absolute Gasteiger partial charge is 0.234 e. The lowest BCUT2D eigenvalue weighted by atomic mass is 9.87. The summed E-state index contributed by atoms with van der Waals surface area (Å²) in [7, 11) is 0. The topological polar surface area (TPSA) is 72.2 Å². The highest BCUT2D eigenvalue weighted by atomic mass is 16.2. The van der Waals surface area contributed by atoms with Crippen molar-refractivity contribution in [3.8, 4) is 0 Å². The molecule has 0 heterocycles. The Morgan fingerprint density at radius 3 is 2.12 bits per heavy atom. The molecule has 0 aliphatic carbocycles. The van der Waals surface area contributed by atoms with Crippen molar-refractivity contribution in [2.45, 2.75) is 53.5 Å². The number of ketones is 1. The molecular formula is C13H26N2O2. The zero-order valence-corrected chi connectivity index (χ0v) is 11.7. The molecule has 0 saturated carbocycles. The second-order valence-electron chi connectivity index (χ2n) is 6.02. The first kappa shape index (κ1) is 16.1. The van der Waals surface area contributed by atoms with Gasteiger partial charge in [0.1, 0.15) is 0 Å². The second-order valence-corrected chi connectivity index (χ2v) is 6.02. The fourth-order valence-corrected chi connectivity index (χ4v) is 1.51. The number of hydrogen-bond donors (Lipinski definition) is 2. The quantitative estimate of drug-likeness (QED) is 0.741. The molecule has 1 atom stereocenters. The van der Waals surface area contributed by atoms with Gasteiger partial charge in [0.15, 0.2) is 5.78 Å². The SMILES string of the molecule is CC(C)C(NC(=O)CN)C(=O)CCC(C)(C)C. The number of nitrogens with two attached hydrogens (primary N) is 1. The Kier molecular flexibility index (Phi) is 6.39. The molecule has 4 heteroatoms. The number of Topliss-reactive ketones (excluding diaryl/α,β-unsaturated/α-hetero) is 1. The van der Waals surface area contributed by atoms with E-state index in [-0.39, 0.29) is 29.6 Å². The van der Waals surface area contributed by atoms with Crippen molar-refractivity contribution < 1.29 is 9.59 Å². The van der Waals surface area contributed by atoms with E-state index in [1.54, 1.807) is 0 Å². The number of nitrogens with one attached hydrogen (secondary N) is 1. The highest BCUT2D eigenvalue weighted by molar-refractivity contribution is 5.89. The van der Waals surface area contributed by atoms with Gasteiger partial charge in [-0.15, -0.1) is 0 Å². The van der Waals surface area contributed by atoms with Gasteiger partial charge in [0.25, 0.3) is 0 Å². The molecule has 0 aromatic heterocycles. The zero-order valence-electron chi connectivity index (χ0n) is 11.7. The van der Waals surface area contributed by atoms with Crippen molar-refractivity contribution in [2.75, 3.05) is 6.54 Å². The van der Waals surface area contributed by atoms with E-state index >= 15 is 0 Å². The van der Waals surface area contributed by atoms with Crippen molar-refractivity contribution in [2.24, 2.45) is 17.1 Å². The average Bonchev–Trinajstić information content (AvgIpc) is 2.20. The maximum Gasteiger partial charge on any atom is 0.234 e. The molecule has 0 fully saturated rings. The van der Waals surface area contributed by atoms with E-state index in [9.17, 15) is 9.59 Å². The monoisotopic (exact) mass is 242 g/mol. The molecule has 100 valence electrons. The summed E-state index contributed by atoms with van der Waals surface area (Å²) in [5.41, 5.74) is 5.37. The van der Waals surface area contributed by atoms with Gasteiger partial charge in [-0.05, 0) is 17.8 Å². The Morgan fingerprint density at radius 2 is 1.76 bits per heavy atom. The van der Waals surface area contributed by atoms with Gasteiger partial charge >= 0.3 is 0 Å². The van der Waals surface area contributed by atoms with Crippen LogP contribution in [0, 0.1) is 11.3 Å². The van der Waals surface area contributed by atoms with E-state index in [0.717, 1.165) is 6.42 Å². The third-order valence-corrected chi connectivity index (χ3v) is 2.64. The van der Waals surface area contributed by atoms with Crippen LogP contribution >= 0.6 is 0 Å². The first-order chi connectivity index (χ1) is 7.67. The van der Waals surface area contributed by atoms with Crippen molar-refractivity contribution in [3.63, 3.8) is 0 Å². The van der Waals surface area contributed by atoms with Gasteiger partial charge in [0, 0.05) is 6.42 Å². The largest absolute Gasteiger partial charge is 0.345 e. The van der Waals surface area contributed by atoms with Crippen molar-refractivity contribution in [1.82, 2.24) is 5.32 Å². The molecular weight excluding hydrogens is 216 g/mol. The molecule has 0 spiro atoms. The average molecular weight is 242 g/mol. The molecule has 0 aromatic carbocycles. The minimum atomic E-state index is -0.409. The number of rotatable bonds is 6. The predicted molar refractivity (Wildman–Crippen MR) is 69.5 cm³/mol. The summed E-state index contributed by atoms with van der Waals surface area (Å²) < 4.78 is 0. The summed E-state index contributed by atoms with van der Waals surface area (Å²) in [4.78, 5) is 23.3. The summed E-state index contributed by atoms with van der Waals surface area (Å²) >= 11 is 0. The van der Waals surface area contributed by atoms with E-state index in [1.165, 1.54) is 0 Å². The van der Waals surface area contributed by atoms with Crippen LogP contribution in [0.1, 0.15) is 47.5 Å². The molecule has 0 bridgehead atoms. The maximum absolute atomic E-state index is 12.0. The molecule has 0 radical (unpaired) electrons. The predicted octanol–water partition coefficient (Wildman–Crippen LogP) is 1.48. The summed E-state index contributed by atoms with van der Waals surface area (Å²) in [6.07, 6.45) is 1.32. The summed E-state index contributed by atoms with van der Waals surface area (Å²) in [5.74, 6) is -0.0810. The molecule has 4 nitrogen and oxygen atoms in total. The van der Waals surface area contributed by atoms with E-state index in [1.807, 2.05) is 13.8 Å². The van der Waals surface area contributed by atoms with Crippen LogP contribution in [-0.4, -0.2) is 24.3 Å². The van der Waals surface area contributed by atoms with E-state index in [0.29, 0.717) is 6.42 Å². The standard InChI is InChI=1S/C13H26N2O2/c1-9(2)12(15-11(17)8-14)10(16)6-7-13(3,4)5/h9,12H,6-8,14H2,1-5H3,(H,15,17). The second kappa shape index (κ2) is 6.74. The van der Waals surface area contributed by atoms with Gasteiger partial charge in [-0.2, -0.15) is 0 Å². The summed E-state index contributed by atoms with van der Waals surface area (Å²) in [6, 6.07) is -0.409. The fraction of sp³-hybridized carbons (Fsp3) is 0.846. The molecule has 0 saturated heterocycles. The van der Waals surface area contributed by atoms with Crippen LogP contribution in [0.4, 0.5) is 0 Å². The van der Waals surface area contributed by atoms with Crippen LogP contribution in [0.3, 0.4) is 0 Å². The minimum Gasteiger partial charge on any atom is -0.345 e. The number of hydrogen-bond acceptors (Lipinski definition) is 3. The molecule has 0 aliphatic heterocycles. The number of carbonyl (C=O) groups is 2. The van der Waals surface area contributed by atoms with Gasteiger partial charge < -0.3 is 11.1 Å². The fourth-order valence-electron chi connectivity index (χ4n) is 1.51. The molecule has 0 aliphatic rings. The van der Waals surface area contributed by atoms with Gasteiger partial charge in [0.2, 0.25) is 5.91 Å². The Balaban J connectivity index is 4.40. The molecule has 0 rings (SSSR count). The minimum absolute atomic E-state index is 0.0736. The first-order valence-corrected chi connectivity index (χ1v) is 6.19. The van der Waals surface area contributed by atoms with Crippen molar-refractivity contribution in [1.29, 1.82) is 0 Å². The Labute approximate surface area is 104 Å². The summed E-state index contributed by atoms with van der Waals surface area (Å²) in [6.45, 7) is 10.1. The third-order valence-electron chi connectivity index (χ3n) is 2.64. The molecule has 17 heavy (non-hydrogen) atoms. The van der Waals surface area contributed by atoms with Crippen LogP contribution in [0.15, 0.2) is 0 Å². The lowest BCUT2D eigenvalue weighted by Gasteiger charge is -2.23. The van der Waals surface area contributed by atoms with Gasteiger partial charge in [-0.1, -0.05) is 34.6 Å². The van der Waals surface area contributed by atoms with Crippen molar-refractivity contribution >= 4 is 11.7 Å². The van der Waals surface area contributed by atoms with Crippen LogP contribution in [-0.2, 0) is 9.59 Å². The Hall–Kier alpha value is -0.900. The number of carbonyl (C=O) groups excluding carboxylic acids is 2. The van der Waals surface area contributed by atoms with Gasteiger partial charge in [0.05, 0.1) is 12.6 Å². The third kappa shape index (κ3) is 7.10. The Bertz CT molecular complexity index is 267. The van der Waals surface area contributed by atoms with Crippen molar-refractivity contribution in [3.05, 3.63) is 0 Å².